The molecule has 8 heteroatoms. The molecule has 3 heterocycles. The second-order valence-electron chi connectivity index (χ2n) is 9.70. The molecule has 3 aliphatic rings. The number of fused-ring (bicyclic) bond motifs is 1. The lowest BCUT2D eigenvalue weighted by Gasteiger charge is -2.39. The van der Waals surface area contributed by atoms with Gasteiger partial charge in [0.2, 0.25) is 5.91 Å². The Balaban J connectivity index is 1.22. The van der Waals surface area contributed by atoms with Gasteiger partial charge in [0, 0.05) is 44.1 Å². The van der Waals surface area contributed by atoms with Crippen LogP contribution in [0.4, 0.5) is 0 Å². The minimum atomic E-state index is -0.471. The summed E-state index contributed by atoms with van der Waals surface area (Å²) in [6.07, 6.45) is 10.6. The molecule has 2 aromatic rings. The fraction of sp³-hybridized carbons (Fsp3) is 0.600. The van der Waals surface area contributed by atoms with E-state index >= 15 is 0 Å². The standard InChI is InChI=1S/C25H33N5O3/c31-19-15-22(24(32)28-17-5-2-1-3-6-17)30(16-19)18-9-13-29(14-10-18)25(33)20-7-4-8-21-23(20)27-12-11-26-21/h4,7-8,11-12,17-19,22,31H,1-3,5-6,9-10,13-16H2,(H,28,32)/t19-,22+/m1/s1. The first kappa shape index (κ1) is 22.2. The van der Waals surface area contributed by atoms with Gasteiger partial charge in [-0.3, -0.25) is 24.5 Å². The van der Waals surface area contributed by atoms with Gasteiger partial charge in [0.05, 0.1) is 23.2 Å². The molecule has 2 atom stereocenters. The third-order valence-electron chi connectivity index (χ3n) is 7.52. The molecule has 2 amide bonds. The van der Waals surface area contributed by atoms with Crippen LogP contribution >= 0.6 is 0 Å². The van der Waals surface area contributed by atoms with Gasteiger partial charge in [-0.25, -0.2) is 0 Å². The molecule has 1 aromatic heterocycles. The number of carbonyl (C=O) groups is 2. The summed E-state index contributed by atoms with van der Waals surface area (Å²) in [4.78, 5) is 39.0. The SMILES string of the molecule is O=C(NC1CCCCC1)[C@@H]1C[C@@H](O)CN1C1CCN(C(=O)c2cccc3nccnc23)CC1. The van der Waals surface area contributed by atoms with Gasteiger partial charge in [0.15, 0.2) is 0 Å². The van der Waals surface area contributed by atoms with E-state index in [2.05, 4.69) is 20.2 Å². The first-order chi connectivity index (χ1) is 16.1. The predicted octanol–water partition coefficient (Wildman–Crippen LogP) is 2.12. The average molecular weight is 452 g/mol. The van der Waals surface area contributed by atoms with E-state index in [-0.39, 0.29) is 29.9 Å². The Kier molecular flexibility index (Phi) is 6.55. The number of nitrogens with one attached hydrogen (secondary N) is 1. The summed E-state index contributed by atoms with van der Waals surface area (Å²) in [6, 6.07) is 5.71. The number of aliphatic hydroxyl groups excluding tert-OH is 1. The second kappa shape index (κ2) is 9.73. The highest BCUT2D eigenvalue weighted by Gasteiger charge is 2.41. The van der Waals surface area contributed by atoms with E-state index in [1.54, 1.807) is 12.4 Å². The Morgan fingerprint density at radius 1 is 1.00 bits per heavy atom. The van der Waals surface area contributed by atoms with Crippen LogP contribution in [0, 0.1) is 0 Å². The van der Waals surface area contributed by atoms with E-state index in [1.165, 1.54) is 19.3 Å². The molecule has 1 saturated carbocycles. The van der Waals surface area contributed by atoms with Crippen molar-refractivity contribution in [2.75, 3.05) is 19.6 Å². The normalized spacial score (nSPS) is 25.4. The Labute approximate surface area is 194 Å². The Bertz CT molecular complexity index is 995. The number of carbonyl (C=O) groups excluding carboxylic acids is 2. The summed E-state index contributed by atoms with van der Waals surface area (Å²) in [5.74, 6) is 0.0406. The lowest BCUT2D eigenvalue weighted by Crippen LogP contribution is -2.53. The third-order valence-corrected chi connectivity index (χ3v) is 7.52. The Hall–Kier alpha value is -2.58. The van der Waals surface area contributed by atoms with E-state index < -0.39 is 6.10 Å². The number of para-hydroxylation sites is 1. The van der Waals surface area contributed by atoms with Crippen molar-refractivity contribution < 1.29 is 14.7 Å². The first-order valence-electron chi connectivity index (χ1n) is 12.3. The van der Waals surface area contributed by atoms with Crippen molar-refractivity contribution in [3.63, 3.8) is 0 Å². The largest absolute Gasteiger partial charge is 0.392 e. The highest BCUT2D eigenvalue weighted by molar-refractivity contribution is 6.04. The average Bonchev–Trinajstić information content (AvgIpc) is 3.26. The van der Waals surface area contributed by atoms with Gasteiger partial charge >= 0.3 is 0 Å². The number of amides is 2. The van der Waals surface area contributed by atoms with Crippen LogP contribution in [0.2, 0.25) is 0 Å². The quantitative estimate of drug-likeness (QED) is 0.739. The third kappa shape index (κ3) is 4.73. The summed E-state index contributed by atoms with van der Waals surface area (Å²) < 4.78 is 0. The van der Waals surface area contributed by atoms with Gasteiger partial charge in [0.1, 0.15) is 5.52 Å². The zero-order chi connectivity index (χ0) is 22.8. The summed E-state index contributed by atoms with van der Waals surface area (Å²) in [6.45, 7) is 1.79. The van der Waals surface area contributed by atoms with Gasteiger partial charge in [-0.2, -0.15) is 0 Å². The van der Waals surface area contributed by atoms with Crippen LogP contribution in [-0.4, -0.2) is 80.6 Å². The number of nitrogens with zero attached hydrogens (tertiary/aromatic N) is 4. The molecule has 0 spiro atoms. The smallest absolute Gasteiger partial charge is 0.256 e. The van der Waals surface area contributed by atoms with Crippen molar-refractivity contribution in [3.05, 3.63) is 36.2 Å². The molecule has 2 aliphatic heterocycles. The number of benzene rings is 1. The van der Waals surface area contributed by atoms with E-state index in [0.717, 1.165) is 31.2 Å². The minimum Gasteiger partial charge on any atom is -0.392 e. The monoisotopic (exact) mass is 451 g/mol. The number of rotatable bonds is 4. The molecular formula is C25H33N5O3. The summed E-state index contributed by atoms with van der Waals surface area (Å²) in [5.41, 5.74) is 1.94. The molecule has 0 unspecified atom stereocenters. The van der Waals surface area contributed by atoms with E-state index in [0.29, 0.717) is 37.1 Å². The van der Waals surface area contributed by atoms with E-state index in [4.69, 9.17) is 0 Å². The van der Waals surface area contributed by atoms with Crippen LogP contribution in [0.15, 0.2) is 30.6 Å². The Morgan fingerprint density at radius 2 is 1.76 bits per heavy atom. The summed E-state index contributed by atoms with van der Waals surface area (Å²) >= 11 is 0. The maximum atomic E-state index is 13.2. The van der Waals surface area contributed by atoms with Crippen LogP contribution in [0.25, 0.3) is 11.0 Å². The van der Waals surface area contributed by atoms with Crippen molar-refractivity contribution in [1.29, 1.82) is 0 Å². The molecule has 2 saturated heterocycles. The van der Waals surface area contributed by atoms with Crippen LogP contribution in [0.5, 0.6) is 0 Å². The van der Waals surface area contributed by atoms with Gasteiger partial charge in [0.25, 0.3) is 5.91 Å². The van der Waals surface area contributed by atoms with Gasteiger partial charge in [-0.05, 0) is 44.2 Å². The van der Waals surface area contributed by atoms with Gasteiger partial charge in [-0.1, -0.05) is 25.3 Å². The van der Waals surface area contributed by atoms with Crippen molar-refractivity contribution >= 4 is 22.8 Å². The molecule has 33 heavy (non-hydrogen) atoms. The van der Waals surface area contributed by atoms with Crippen LogP contribution < -0.4 is 5.32 Å². The lowest BCUT2D eigenvalue weighted by molar-refractivity contribution is -0.127. The lowest BCUT2D eigenvalue weighted by atomic mass is 9.95. The number of piperidine rings is 1. The number of likely N-dealkylation sites (tertiary alicyclic amines) is 2. The minimum absolute atomic E-state index is 0.0207. The maximum Gasteiger partial charge on any atom is 0.256 e. The molecule has 0 radical (unpaired) electrons. The molecule has 2 N–H and O–H groups in total. The second-order valence-corrected chi connectivity index (χ2v) is 9.70. The highest BCUT2D eigenvalue weighted by atomic mass is 16.3. The van der Waals surface area contributed by atoms with Crippen molar-refractivity contribution in [3.8, 4) is 0 Å². The van der Waals surface area contributed by atoms with Crippen LogP contribution in [0.1, 0.15) is 61.7 Å². The molecule has 8 nitrogen and oxygen atoms in total. The number of β-amino-alcohol motifs (C(OH)–C–C–N with tert-alkyl or cyclic N) is 1. The van der Waals surface area contributed by atoms with Crippen molar-refractivity contribution in [2.24, 2.45) is 0 Å². The molecular weight excluding hydrogens is 418 g/mol. The fourth-order valence-electron chi connectivity index (χ4n) is 5.78. The molecule has 1 aliphatic carbocycles. The summed E-state index contributed by atoms with van der Waals surface area (Å²) in [7, 11) is 0. The van der Waals surface area contributed by atoms with Crippen molar-refractivity contribution in [2.45, 2.75) is 75.6 Å². The molecule has 176 valence electrons. The predicted molar refractivity (Wildman–Crippen MR) is 125 cm³/mol. The Morgan fingerprint density at radius 3 is 2.55 bits per heavy atom. The zero-order valence-corrected chi connectivity index (χ0v) is 19.0. The van der Waals surface area contributed by atoms with E-state index in [1.807, 2.05) is 23.1 Å². The highest BCUT2D eigenvalue weighted by Crippen LogP contribution is 2.28. The number of hydrogen-bond donors (Lipinski definition) is 2. The number of aliphatic hydroxyl groups is 1. The molecule has 1 aromatic carbocycles. The number of aromatic nitrogens is 2. The van der Waals surface area contributed by atoms with Gasteiger partial charge < -0.3 is 15.3 Å². The maximum absolute atomic E-state index is 13.2. The van der Waals surface area contributed by atoms with Crippen molar-refractivity contribution in [1.82, 2.24) is 25.1 Å². The molecule has 5 rings (SSSR count). The fourth-order valence-corrected chi connectivity index (χ4v) is 5.78. The zero-order valence-electron chi connectivity index (χ0n) is 19.0. The van der Waals surface area contributed by atoms with E-state index in [9.17, 15) is 14.7 Å². The first-order valence-corrected chi connectivity index (χ1v) is 12.3. The van der Waals surface area contributed by atoms with Crippen LogP contribution in [-0.2, 0) is 4.79 Å². The summed E-state index contributed by atoms with van der Waals surface area (Å²) in [5, 5.41) is 13.6. The number of hydrogen-bond acceptors (Lipinski definition) is 6. The molecule has 3 fully saturated rings. The topological polar surface area (TPSA) is 98.7 Å². The molecule has 0 bridgehead atoms. The van der Waals surface area contributed by atoms with Gasteiger partial charge in [-0.15, -0.1) is 0 Å². The van der Waals surface area contributed by atoms with Crippen LogP contribution in [0.3, 0.4) is 0 Å².